The van der Waals surface area contributed by atoms with Gasteiger partial charge in [-0.05, 0) is 50.9 Å². The summed E-state index contributed by atoms with van der Waals surface area (Å²) in [5.74, 6) is 2.18. The molecule has 17 heavy (non-hydrogen) atoms. The molecule has 6 atom stereocenters. The van der Waals surface area contributed by atoms with Crippen LogP contribution in [0.3, 0.4) is 0 Å². The molecule has 0 amide bonds. The molecule has 4 aliphatic rings. The molecule has 96 valence electrons. The number of fused-ring (bicyclic) bond motifs is 2. The average molecular weight is 268 g/mol. The van der Waals surface area contributed by atoms with Crippen molar-refractivity contribution in [1.82, 2.24) is 0 Å². The molecular weight excluding hydrogens is 244 g/mol. The molecule has 0 aromatic heterocycles. The van der Waals surface area contributed by atoms with Crippen LogP contribution in [0.5, 0.6) is 0 Å². The topological polar surface area (TPSA) is 0 Å². The summed E-state index contributed by atoms with van der Waals surface area (Å²) in [7, 11) is 0. The fourth-order valence-electron chi connectivity index (χ4n) is 4.86. The van der Waals surface area contributed by atoms with Crippen molar-refractivity contribution in [1.29, 1.82) is 0 Å². The largest absolute Gasteiger partial charge is 0.149 e. The zero-order valence-corrected chi connectivity index (χ0v) is 12.7. The summed E-state index contributed by atoms with van der Waals surface area (Å²) in [6.45, 7) is 4.96. The first-order valence-electron chi connectivity index (χ1n) is 7.54. The number of hydrogen-bond donors (Lipinski definition) is 0. The zero-order chi connectivity index (χ0) is 11.7. The molecule has 0 nitrogen and oxygen atoms in total. The van der Waals surface area contributed by atoms with Crippen molar-refractivity contribution in [2.24, 2.45) is 11.8 Å². The van der Waals surface area contributed by atoms with Gasteiger partial charge in [-0.3, -0.25) is 0 Å². The van der Waals surface area contributed by atoms with Crippen LogP contribution in [0.1, 0.15) is 58.8 Å². The smallest absolute Gasteiger partial charge is 0.0282 e. The van der Waals surface area contributed by atoms with Crippen LogP contribution in [0.4, 0.5) is 0 Å². The Kier molecular flexibility index (Phi) is 2.46. The molecule has 5 unspecified atom stereocenters. The summed E-state index contributed by atoms with van der Waals surface area (Å²) >= 11 is 4.68. The lowest BCUT2D eigenvalue weighted by molar-refractivity contribution is 0.207. The third-order valence-electron chi connectivity index (χ3n) is 6.04. The molecular formula is C15H24S2. The van der Waals surface area contributed by atoms with Crippen molar-refractivity contribution < 1.29 is 0 Å². The number of thioether (sulfide) groups is 2. The Balaban J connectivity index is 1.52. The molecule has 2 aliphatic carbocycles. The summed E-state index contributed by atoms with van der Waals surface area (Å²) in [5.41, 5.74) is 0. The van der Waals surface area contributed by atoms with Gasteiger partial charge in [0.05, 0.1) is 0 Å². The van der Waals surface area contributed by atoms with Crippen molar-refractivity contribution in [3.05, 3.63) is 0 Å². The van der Waals surface area contributed by atoms with E-state index in [4.69, 9.17) is 0 Å². The standard InChI is InChI=1S/C15H24S2/c1-3-15-9-5-7-11(13(15)17-15)10-6-4-8-14(2)12(10)16-14/h10-13H,3-9H2,1-2H3/t10?,11?,12?,13-,14?,15?/m0/s1. The molecule has 0 aromatic rings. The van der Waals surface area contributed by atoms with Crippen LogP contribution in [0.15, 0.2) is 0 Å². The maximum atomic E-state index is 2.53. The molecule has 2 heterocycles. The van der Waals surface area contributed by atoms with E-state index in [-0.39, 0.29) is 0 Å². The Morgan fingerprint density at radius 2 is 1.71 bits per heavy atom. The van der Waals surface area contributed by atoms with Gasteiger partial charge in [-0.15, -0.1) is 23.5 Å². The van der Waals surface area contributed by atoms with E-state index >= 15 is 0 Å². The van der Waals surface area contributed by atoms with E-state index < -0.39 is 0 Å². The van der Waals surface area contributed by atoms with Gasteiger partial charge in [0.25, 0.3) is 0 Å². The lowest BCUT2D eigenvalue weighted by Crippen LogP contribution is -2.36. The second kappa shape index (κ2) is 3.62. The Morgan fingerprint density at radius 3 is 2.47 bits per heavy atom. The predicted molar refractivity (Wildman–Crippen MR) is 78.9 cm³/mol. The fourth-order valence-corrected chi connectivity index (χ4v) is 8.28. The Labute approximate surface area is 114 Å². The van der Waals surface area contributed by atoms with Gasteiger partial charge < -0.3 is 0 Å². The molecule has 0 N–H and O–H groups in total. The van der Waals surface area contributed by atoms with E-state index in [1.807, 2.05) is 0 Å². The van der Waals surface area contributed by atoms with Crippen LogP contribution in [-0.4, -0.2) is 20.0 Å². The first-order valence-corrected chi connectivity index (χ1v) is 9.30. The monoisotopic (exact) mass is 268 g/mol. The van der Waals surface area contributed by atoms with Crippen LogP contribution in [0.25, 0.3) is 0 Å². The SMILES string of the molecule is CCC12CCCC(C3CCCC4(C)SC34)[C@@H]1S2. The predicted octanol–water partition coefficient (Wildman–Crippen LogP) is 4.72. The number of hydrogen-bond acceptors (Lipinski definition) is 2. The zero-order valence-electron chi connectivity index (χ0n) is 11.1. The molecule has 0 radical (unpaired) electrons. The van der Waals surface area contributed by atoms with E-state index in [9.17, 15) is 0 Å². The molecule has 0 spiro atoms. The first-order chi connectivity index (χ1) is 8.19. The summed E-state index contributed by atoms with van der Waals surface area (Å²) in [6.07, 6.45) is 10.6. The van der Waals surface area contributed by atoms with Gasteiger partial charge in [0.15, 0.2) is 0 Å². The van der Waals surface area contributed by atoms with Crippen LogP contribution < -0.4 is 0 Å². The van der Waals surface area contributed by atoms with E-state index in [0.717, 1.165) is 31.8 Å². The van der Waals surface area contributed by atoms with Crippen LogP contribution in [0.2, 0.25) is 0 Å². The summed E-state index contributed by atoms with van der Waals surface area (Å²) in [5, 5.41) is 2.12. The van der Waals surface area contributed by atoms with Gasteiger partial charge in [0.2, 0.25) is 0 Å². The minimum absolute atomic E-state index is 0.717. The maximum absolute atomic E-state index is 2.53. The van der Waals surface area contributed by atoms with Gasteiger partial charge in [0, 0.05) is 20.0 Å². The van der Waals surface area contributed by atoms with Crippen molar-refractivity contribution >= 4 is 23.5 Å². The van der Waals surface area contributed by atoms with E-state index in [1.54, 1.807) is 12.8 Å². The Hall–Kier alpha value is 0.700. The minimum Gasteiger partial charge on any atom is -0.149 e. The Bertz CT molecular complexity index is 342. The van der Waals surface area contributed by atoms with E-state index in [1.165, 1.54) is 32.1 Å². The number of rotatable bonds is 2. The highest BCUT2D eigenvalue weighted by Crippen LogP contribution is 2.71. The first kappa shape index (κ1) is 11.5. The van der Waals surface area contributed by atoms with Gasteiger partial charge in [-0.2, -0.15) is 0 Å². The summed E-state index contributed by atoms with van der Waals surface area (Å²) < 4.78 is 1.48. The second-order valence-corrected chi connectivity index (χ2v) is 10.2. The van der Waals surface area contributed by atoms with Gasteiger partial charge in [-0.25, -0.2) is 0 Å². The fraction of sp³-hybridized carbons (Fsp3) is 1.00. The molecule has 0 bridgehead atoms. The highest BCUT2D eigenvalue weighted by molar-refractivity contribution is 8.09. The van der Waals surface area contributed by atoms with Crippen molar-refractivity contribution in [2.75, 3.05) is 0 Å². The molecule has 4 fully saturated rings. The van der Waals surface area contributed by atoms with Crippen molar-refractivity contribution in [3.8, 4) is 0 Å². The molecule has 2 saturated carbocycles. The van der Waals surface area contributed by atoms with E-state index in [2.05, 4.69) is 37.4 Å². The van der Waals surface area contributed by atoms with Crippen molar-refractivity contribution in [3.63, 3.8) is 0 Å². The van der Waals surface area contributed by atoms with Gasteiger partial charge >= 0.3 is 0 Å². The van der Waals surface area contributed by atoms with Gasteiger partial charge in [0.1, 0.15) is 0 Å². The van der Waals surface area contributed by atoms with Crippen LogP contribution in [0, 0.1) is 11.8 Å². The maximum Gasteiger partial charge on any atom is 0.0282 e. The lowest BCUT2D eigenvalue weighted by atomic mass is 9.68. The molecule has 2 heteroatoms. The third-order valence-corrected chi connectivity index (χ3v) is 9.92. The van der Waals surface area contributed by atoms with Crippen molar-refractivity contribution in [2.45, 2.75) is 78.8 Å². The van der Waals surface area contributed by atoms with E-state index in [0.29, 0.717) is 0 Å². The summed E-state index contributed by atoms with van der Waals surface area (Å²) in [6, 6.07) is 0. The van der Waals surface area contributed by atoms with Crippen LogP contribution >= 0.6 is 23.5 Å². The molecule has 4 rings (SSSR count). The highest BCUT2D eigenvalue weighted by atomic mass is 32.2. The van der Waals surface area contributed by atoms with Gasteiger partial charge in [-0.1, -0.05) is 19.8 Å². The lowest BCUT2D eigenvalue weighted by Gasteiger charge is -2.35. The van der Waals surface area contributed by atoms with Crippen LogP contribution in [-0.2, 0) is 0 Å². The average Bonchev–Trinajstić information content (AvgIpc) is 3.19. The molecule has 2 saturated heterocycles. The summed E-state index contributed by atoms with van der Waals surface area (Å²) in [4.78, 5) is 0. The quantitative estimate of drug-likeness (QED) is 0.664. The Morgan fingerprint density at radius 1 is 1.00 bits per heavy atom. The third kappa shape index (κ3) is 1.59. The minimum atomic E-state index is 0.717. The second-order valence-electron chi connectivity index (χ2n) is 6.92. The normalized spacial score (nSPS) is 60.4. The molecule has 0 aromatic carbocycles. The highest BCUT2D eigenvalue weighted by Gasteiger charge is 2.65. The molecule has 2 aliphatic heterocycles.